The van der Waals surface area contributed by atoms with E-state index in [-0.39, 0.29) is 0 Å². The van der Waals surface area contributed by atoms with Crippen molar-refractivity contribution in [2.75, 3.05) is 26.1 Å². The van der Waals surface area contributed by atoms with Crippen molar-refractivity contribution in [1.82, 2.24) is 4.98 Å². The summed E-state index contributed by atoms with van der Waals surface area (Å²) in [7, 11) is 3.44. The van der Waals surface area contributed by atoms with Gasteiger partial charge in [-0.1, -0.05) is 31.4 Å². The molecule has 0 amide bonds. The van der Waals surface area contributed by atoms with Crippen LogP contribution in [0.15, 0.2) is 28.7 Å². The molecule has 0 radical (unpaired) electrons. The van der Waals surface area contributed by atoms with Gasteiger partial charge in [-0.15, -0.1) is 0 Å². The van der Waals surface area contributed by atoms with E-state index in [9.17, 15) is 0 Å². The summed E-state index contributed by atoms with van der Waals surface area (Å²) in [4.78, 5) is 4.67. The third kappa shape index (κ3) is 4.54. The molecule has 0 aliphatic rings. The van der Waals surface area contributed by atoms with Crippen molar-refractivity contribution in [3.05, 3.63) is 33.8 Å². The van der Waals surface area contributed by atoms with Crippen molar-refractivity contribution in [3.8, 4) is 22.8 Å². The van der Waals surface area contributed by atoms with Gasteiger partial charge in [0.25, 0.3) is 0 Å². The van der Waals surface area contributed by atoms with Crippen molar-refractivity contribution >= 4 is 33.3 Å². The molecule has 0 aliphatic heterocycles. The molecule has 0 bridgehead atoms. The lowest BCUT2D eigenvalue weighted by Gasteiger charge is -2.14. The number of aromatic nitrogens is 1. The molecule has 1 heterocycles. The van der Waals surface area contributed by atoms with Crippen LogP contribution in [-0.4, -0.2) is 25.7 Å². The smallest absolute Gasteiger partial charge is 0.169 e. The van der Waals surface area contributed by atoms with Crippen LogP contribution in [0.2, 0.25) is 5.02 Å². The number of nitrogens with zero attached hydrogens (tertiary/aromatic N) is 1. The Morgan fingerprint density at radius 3 is 2.67 bits per heavy atom. The molecule has 0 unspecified atom stereocenters. The van der Waals surface area contributed by atoms with E-state index in [1.165, 1.54) is 6.42 Å². The minimum atomic E-state index is 0.584. The fraction of sp³-hybridized carbons (Fsp3) is 0.389. The Kier molecular flexibility index (Phi) is 7.18. The van der Waals surface area contributed by atoms with Crippen LogP contribution in [0.5, 0.6) is 11.5 Å². The Balaban J connectivity index is 2.32. The van der Waals surface area contributed by atoms with E-state index in [0.717, 1.165) is 34.3 Å². The summed E-state index contributed by atoms with van der Waals surface area (Å²) in [5.74, 6) is 2.13. The van der Waals surface area contributed by atoms with Crippen molar-refractivity contribution in [3.63, 3.8) is 0 Å². The normalized spacial score (nSPS) is 10.5. The Morgan fingerprint density at radius 2 is 2.04 bits per heavy atom. The highest BCUT2D eigenvalue weighted by Gasteiger charge is 2.15. The molecule has 0 saturated carbocycles. The number of hydrogen-bond donors (Lipinski definition) is 1. The first-order valence-electron chi connectivity index (χ1n) is 7.95. The Morgan fingerprint density at radius 1 is 1.25 bits per heavy atom. The fourth-order valence-corrected chi connectivity index (χ4v) is 3.07. The predicted octanol–water partition coefficient (Wildman–Crippen LogP) is 5.78. The molecule has 130 valence electrons. The van der Waals surface area contributed by atoms with Gasteiger partial charge in [-0.2, -0.15) is 0 Å². The highest BCUT2D eigenvalue weighted by molar-refractivity contribution is 9.10. The van der Waals surface area contributed by atoms with Crippen molar-refractivity contribution < 1.29 is 9.47 Å². The van der Waals surface area contributed by atoms with E-state index in [1.807, 2.05) is 25.2 Å². The Bertz CT molecular complexity index is 695. The maximum atomic E-state index is 6.38. The summed E-state index contributed by atoms with van der Waals surface area (Å²) in [6.45, 7) is 2.85. The second-order valence-corrected chi connectivity index (χ2v) is 6.58. The quantitative estimate of drug-likeness (QED) is 0.557. The molecule has 0 atom stereocenters. The number of unbranched alkanes of at least 4 members (excludes halogenated alkanes) is 2. The van der Waals surface area contributed by atoms with E-state index < -0.39 is 0 Å². The monoisotopic (exact) mass is 412 g/mol. The number of benzene rings is 1. The maximum Gasteiger partial charge on any atom is 0.169 e. The second kappa shape index (κ2) is 9.14. The number of ether oxygens (including phenoxy) is 2. The number of halogens is 2. The zero-order valence-electron chi connectivity index (χ0n) is 14.2. The predicted molar refractivity (Wildman–Crippen MR) is 104 cm³/mol. The van der Waals surface area contributed by atoms with E-state index in [2.05, 4.69) is 33.2 Å². The van der Waals surface area contributed by atoms with Crippen molar-refractivity contribution in [2.45, 2.75) is 26.2 Å². The van der Waals surface area contributed by atoms with Crippen LogP contribution < -0.4 is 14.8 Å². The van der Waals surface area contributed by atoms with Gasteiger partial charge in [0.05, 0.1) is 24.4 Å². The van der Waals surface area contributed by atoms with Gasteiger partial charge in [0.15, 0.2) is 11.6 Å². The molecular formula is C18H22BrClN2O2. The van der Waals surface area contributed by atoms with Gasteiger partial charge < -0.3 is 14.8 Å². The second-order valence-electron chi connectivity index (χ2n) is 5.32. The number of methoxy groups -OCH3 is 1. The van der Waals surface area contributed by atoms with Crippen LogP contribution in [-0.2, 0) is 0 Å². The van der Waals surface area contributed by atoms with E-state index in [1.54, 1.807) is 13.2 Å². The zero-order valence-corrected chi connectivity index (χ0v) is 16.5. The number of pyridine rings is 1. The van der Waals surface area contributed by atoms with Crippen LogP contribution in [0.3, 0.4) is 0 Å². The van der Waals surface area contributed by atoms with Gasteiger partial charge in [-0.25, -0.2) is 4.98 Å². The number of anilines is 1. The summed E-state index contributed by atoms with van der Waals surface area (Å²) < 4.78 is 11.9. The summed E-state index contributed by atoms with van der Waals surface area (Å²) in [6, 6.07) is 7.47. The summed E-state index contributed by atoms with van der Waals surface area (Å²) in [6.07, 6.45) is 3.35. The van der Waals surface area contributed by atoms with Gasteiger partial charge in [0.1, 0.15) is 5.75 Å². The van der Waals surface area contributed by atoms with Crippen molar-refractivity contribution in [1.29, 1.82) is 0 Å². The molecule has 1 N–H and O–H groups in total. The minimum absolute atomic E-state index is 0.584. The fourth-order valence-electron chi connectivity index (χ4n) is 2.30. The molecule has 1 aromatic heterocycles. The molecule has 24 heavy (non-hydrogen) atoms. The van der Waals surface area contributed by atoms with Crippen LogP contribution in [0.25, 0.3) is 11.3 Å². The molecule has 0 fully saturated rings. The standard InChI is InChI=1S/C18H22BrClN2O2/c1-4-5-6-9-24-16-11-14(19)17(22-18(16)21-2)13-8-7-12(23-3)10-15(13)20/h7-8,10-11H,4-6,9H2,1-3H3,(H,21,22). The van der Waals surface area contributed by atoms with Crippen molar-refractivity contribution in [2.24, 2.45) is 0 Å². The third-order valence-corrected chi connectivity index (χ3v) is 4.53. The minimum Gasteiger partial charge on any atom is -0.497 e. The highest BCUT2D eigenvalue weighted by Crippen LogP contribution is 2.38. The molecule has 0 spiro atoms. The number of nitrogens with one attached hydrogen (secondary N) is 1. The lowest BCUT2D eigenvalue weighted by atomic mass is 10.1. The largest absolute Gasteiger partial charge is 0.497 e. The summed E-state index contributed by atoms with van der Waals surface area (Å²) >= 11 is 9.96. The van der Waals surface area contributed by atoms with Gasteiger partial charge in [0.2, 0.25) is 0 Å². The first-order valence-corrected chi connectivity index (χ1v) is 9.12. The lowest BCUT2D eigenvalue weighted by molar-refractivity contribution is 0.306. The molecule has 6 heteroatoms. The Labute approximate surface area is 156 Å². The maximum absolute atomic E-state index is 6.38. The van der Waals surface area contributed by atoms with E-state index in [4.69, 9.17) is 21.1 Å². The third-order valence-electron chi connectivity index (χ3n) is 3.61. The van der Waals surface area contributed by atoms with Crippen LogP contribution in [0.1, 0.15) is 26.2 Å². The van der Waals surface area contributed by atoms with E-state index in [0.29, 0.717) is 23.2 Å². The molecule has 1 aromatic carbocycles. The van der Waals surface area contributed by atoms with Gasteiger partial charge in [0, 0.05) is 23.2 Å². The van der Waals surface area contributed by atoms with Crippen LogP contribution >= 0.6 is 27.5 Å². The molecular weight excluding hydrogens is 392 g/mol. The van der Waals surface area contributed by atoms with Gasteiger partial charge in [-0.05, 0) is 40.5 Å². The number of rotatable bonds is 8. The molecule has 2 aromatic rings. The molecule has 2 rings (SSSR count). The average Bonchev–Trinajstić information content (AvgIpc) is 2.59. The topological polar surface area (TPSA) is 43.4 Å². The van der Waals surface area contributed by atoms with Gasteiger partial charge in [-0.3, -0.25) is 0 Å². The Hall–Kier alpha value is -1.46. The van der Waals surface area contributed by atoms with Gasteiger partial charge >= 0.3 is 0 Å². The molecule has 0 aliphatic carbocycles. The first kappa shape index (κ1) is 18.9. The molecule has 0 saturated heterocycles. The average molecular weight is 414 g/mol. The van der Waals surface area contributed by atoms with Crippen LogP contribution in [0.4, 0.5) is 5.82 Å². The van der Waals surface area contributed by atoms with Crippen LogP contribution in [0, 0.1) is 0 Å². The van der Waals surface area contributed by atoms with E-state index >= 15 is 0 Å². The first-order chi connectivity index (χ1) is 11.6. The summed E-state index contributed by atoms with van der Waals surface area (Å²) in [5.41, 5.74) is 1.59. The highest BCUT2D eigenvalue weighted by atomic mass is 79.9. The number of hydrogen-bond acceptors (Lipinski definition) is 4. The molecule has 4 nitrogen and oxygen atoms in total. The summed E-state index contributed by atoms with van der Waals surface area (Å²) in [5, 5.41) is 3.68. The SMILES string of the molecule is CCCCCOc1cc(Br)c(-c2ccc(OC)cc2Cl)nc1NC. The lowest BCUT2D eigenvalue weighted by Crippen LogP contribution is -2.03. The zero-order chi connectivity index (χ0) is 17.5.